The first kappa shape index (κ1) is 9.71. The smallest absolute Gasteiger partial charge is 0.251 e. The Morgan fingerprint density at radius 3 is 2.80 bits per heavy atom. The highest BCUT2D eigenvalue weighted by Crippen LogP contribution is 2.16. The summed E-state index contributed by atoms with van der Waals surface area (Å²) in [6.45, 7) is 3.94. The number of hydrogen-bond donors (Lipinski definition) is 1. The Kier molecular flexibility index (Phi) is 2.19. The highest BCUT2D eigenvalue weighted by molar-refractivity contribution is 5.80. The molecule has 2 rings (SSSR count). The summed E-state index contributed by atoms with van der Waals surface area (Å²) >= 11 is 0. The van der Waals surface area contributed by atoms with Crippen LogP contribution in [0.1, 0.15) is 19.9 Å². The molecule has 0 spiro atoms. The van der Waals surface area contributed by atoms with Crippen LogP contribution in [0.4, 0.5) is 5.82 Å². The molecule has 2 heterocycles. The van der Waals surface area contributed by atoms with Crippen LogP contribution in [0.5, 0.6) is 0 Å². The molecule has 0 atom stereocenters. The highest BCUT2D eigenvalue weighted by atomic mass is 16.1. The van der Waals surface area contributed by atoms with E-state index in [0.29, 0.717) is 5.82 Å². The van der Waals surface area contributed by atoms with Gasteiger partial charge in [-0.2, -0.15) is 0 Å². The maximum atomic E-state index is 11.7. The average molecular weight is 203 g/mol. The van der Waals surface area contributed by atoms with Gasteiger partial charge in [-0.05, 0) is 19.9 Å². The molecule has 0 aromatic carbocycles. The van der Waals surface area contributed by atoms with Gasteiger partial charge < -0.3 is 10.3 Å². The van der Waals surface area contributed by atoms with Crippen molar-refractivity contribution in [1.82, 2.24) is 9.55 Å². The van der Waals surface area contributed by atoms with Gasteiger partial charge in [0.1, 0.15) is 5.82 Å². The van der Waals surface area contributed by atoms with Crippen molar-refractivity contribution < 1.29 is 0 Å². The number of aromatic nitrogens is 2. The van der Waals surface area contributed by atoms with Crippen molar-refractivity contribution in [2.75, 3.05) is 5.73 Å². The van der Waals surface area contributed by atoms with Gasteiger partial charge in [0, 0.05) is 29.8 Å². The molecule has 0 bridgehead atoms. The van der Waals surface area contributed by atoms with E-state index >= 15 is 0 Å². The van der Waals surface area contributed by atoms with Crippen LogP contribution in [0.25, 0.3) is 10.9 Å². The van der Waals surface area contributed by atoms with Crippen LogP contribution in [0.3, 0.4) is 0 Å². The summed E-state index contributed by atoms with van der Waals surface area (Å²) in [5.74, 6) is 0.433. The lowest BCUT2D eigenvalue weighted by atomic mass is 10.2. The molecule has 2 aromatic heterocycles. The summed E-state index contributed by atoms with van der Waals surface area (Å²) in [4.78, 5) is 15.7. The van der Waals surface area contributed by atoms with Gasteiger partial charge in [-0.1, -0.05) is 0 Å². The normalized spacial score (nSPS) is 11.1. The zero-order valence-corrected chi connectivity index (χ0v) is 8.77. The summed E-state index contributed by atoms with van der Waals surface area (Å²) in [6.07, 6.45) is 1.68. The zero-order valence-electron chi connectivity index (χ0n) is 8.77. The first-order chi connectivity index (χ1) is 7.09. The van der Waals surface area contributed by atoms with Gasteiger partial charge in [0.15, 0.2) is 0 Å². The van der Waals surface area contributed by atoms with Crippen molar-refractivity contribution in [1.29, 1.82) is 0 Å². The van der Waals surface area contributed by atoms with Crippen molar-refractivity contribution in [3.8, 4) is 0 Å². The first-order valence-electron chi connectivity index (χ1n) is 4.86. The lowest BCUT2D eigenvalue weighted by molar-refractivity contribution is 0.600. The summed E-state index contributed by atoms with van der Waals surface area (Å²) in [6, 6.07) is 5.17. The second kappa shape index (κ2) is 3.38. The number of pyridine rings is 2. The van der Waals surface area contributed by atoms with Gasteiger partial charge in [0.05, 0.1) is 5.52 Å². The first-order valence-corrected chi connectivity index (χ1v) is 4.86. The minimum atomic E-state index is -0.0110. The Hall–Kier alpha value is -1.84. The molecule has 2 N–H and O–H groups in total. The fourth-order valence-corrected chi connectivity index (χ4v) is 1.70. The number of nitrogens with two attached hydrogens (primary N) is 1. The standard InChI is InChI=1S/C11H13N3O/c1-7(2)14-9-5-10(12)13-6-8(9)3-4-11(14)15/h3-7H,1-2H3,(H2,12,13). The maximum absolute atomic E-state index is 11.7. The van der Waals surface area contributed by atoms with Crippen LogP contribution >= 0.6 is 0 Å². The van der Waals surface area contributed by atoms with Crippen molar-refractivity contribution in [3.05, 3.63) is 34.7 Å². The van der Waals surface area contributed by atoms with E-state index in [4.69, 9.17) is 5.73 Å². The number of fused-ring (bicyclic) bond motifs is 1. The third kappa shape index (κ3) is 1.58. The number of nitrogen functional groups attached to an aromatic ring is 1. The molecule has 4 nitrogen and oxygen atoms in total. The molecule has 15 heavy (non-hydrogen) atoms. The van der Waals surface area contributed by atoms with Crippen LogP contribution in [0, 0.1) is 0 Å². The Morgan fingerprint density at radius 1 is 1.40 bits per heavy atom. The second-order valence-electron chi connectivity index (χ2n) is 3.80. The molecule has 2 aromatic rings. The van der Waals surface area contributed by atoms with Gasteiger partial charge in [0.2, 0.25) is 0 Å². The van der Waals surface area contributed by atoms with Crippen molar-refractivity contribution >= 4 is 16.7 Å². The fourth-order valence-electron chi connectivity index (χ4n) is 1.70. The van der Waals surface area contributed by atoms with Gasteiger partial charge in [-0.15, -0.1) is 0 Å². The highest BCUT2D eigenvalue weighted by Gasteiger charge is 2.06. The SMILES string of the molecule is CC(C)n1c(=O)ccc2cnc(N)cc21. The van der Waals surface area contributed by atoms with Gasteiger partial charge in [0.25, 0.3) is 5.56 Å². The molecular weight excluding hydrogens is 190 g/mol. The maximum Gasteiger partial charge on any atom is 0.251 e. The van der Waals surface area contributed by atoms with E-state index in [-0.39, 0.29) is 11.6 Å². The number of nitrogens with zero attached hydrogens (tertiary/aromatic N) is 2. The predicted molar refractivity (Wildman–Crippen MR) is 60.8 cm³/mol. The molecule has 0 aliphatic carbocycles. The minimum Gasteiger partial charge on any atom is -0.384 e. The molecule has 0 radical (unpaired) electrons. The summed E-state index contributed by atoms with van der Waals surface area (Å²) in [7, 11) is 0. The largest absolute Gasteiger partial charge is 0.384 e. The molecule has 0 unspecified atom stereocenters. The Bertz CT molecular complexity index is 557. The molecular formula is C11H13N3O. The summed E-state index contributed by atoms with van der Waals surface area (Å²) < 4.78 is 1.72. The lowest BCUT2D eigenvalue weighted by Crippen LogP contribution is -2.21. The second-order valence-corrected chi connectivity index (χ2v) is 3.80. The van der Waals surface area contributed by atoms with E-state index in [1.54, 1.807) is 29.0 Å². The molecule has 0 aliphatic heterocycles. The number of hydrogen-bond acceptors (Lipinski definition) is 3. The Balaban J connectivity index is 2.91. The molecule has 0 amide bonds. The number of rotatable bonds is 1. The van der Waals surface area contributed by atoms with Crippen LogP contribution in [0.2, 0.25) is 0 Å². The van der Waals surface area contributed by atoms with E-state index in [2.05, 4.69) is 4.98 Å². The Morgan fingerprint density at radius 2 is 2.13 bits per heavy atom. The molecule has 4 heteroatoms. The topological polar surface area (TPSA) is 60.9 Å². The van der Waals surface area contributed by atoms with Crippen LogP contribution < -0.4 is 11.3 Å². The lowest BCUT2D eigenvalue weighted by Gasteiger charge is -2.13. The van der Waals surface area contributed by atoms with Crippen molar-refractivity contribution in [2.45, 2.75) is 19.9 Å². The van der Waals surface area contributed by atoms with Crippen molar-refractivity contribution in [2.24, 2.45) is 0 Å². The van der Waals surface area contributed by atoms with E-state index in [0.717, 1.165) is 10.9 Å². The van der Waals surface area contributed by atoms with Gasteiger partial charge in [-0.3, -0.25) is 4.79 Å². The summed E-state index contributed by atoms with van der Waals surface area (Å²) in [5.41, 5.74) is 6.44. The predicted octanol–water partition coefficient (Wildman–Crippen LogP) is 1.56. The van der Waals surface area contributed by atoms with E-state index < -0.39 is 0 Å². The summed E-state index contributed by atoms with van der Waals surface area (Å²) in [5, 5.41) is 0.928. The van der Waals surface area contributed by atoms with Gasteiger partial charge in [-0.25, -0.2) is 4.98 Å². The van der Waals surface area contributed by atoms with E-state index in [1.807, 2.05) is 13.8 Å². The molecule has 0 fully saturated rings. The molecule has 78 valence electrons. The minimum absolute atomic E-state index is 0.0110. The molecule has 0 saturated heterocycles. The molecule has 0 aliphatic rings. The van der Waals surface area contributed by atoms with Crippen LogP contribution in [0.15, 0.2) is 29.2 Å². The molecule has 0 saturated carbocycles. The zero-order chi connectivity index (χ0) is 11.0. The van der Waals surface area contributed by atoms with E-state index in [1.165, 1.54) is 0 Å². The van der Waals surface area contributed by atoms with Crippen LogP contribution in [-0.2, 0) is 0 Å². The third-order valence-corrected chi connectivity index (χ3v) is 2.35. The average Bonchev–Trinajstić information content (AvgIpc) is 2.16. The fraction of sp³-hybridized carbons (Fsp3) is 0.273. The van der Waals surface area contributed by atoms with Crippen LogP contribution in [-0.4, -0.2) is 9.55 Å². The van der Waals surface area contributed by atoms with E-state index in [9.17, 15) is 4.79 Å². The quantitative estimate of drug-likeness (QED) is 0.765. The number of anilines is 1. The van der Waals surface area contributed by atoms with Crippen molar-refractivity contribution in [3.63, 3.8) is 0 Å². The van der Waals surface area contributed by atoms with Gasteiger partial charge >= 0.3 is 0 Å². The Labute approximate surface area is 87.4 Å². The third-order valence-electron chi connectivity index (χ3n) is 2.35. The monoisotopic (exact) mass is 203 g/mol.